The molecule has 0 spiro atoms. The molecule has 0 aromatic heterocycles. The van der Waals surface area contributed by atoms with Gasteiger partial charge in [-0.3, -0.25) is 0 Å². The van der Waals surface area contributed by atoms with E-state index in [-0.39, 0.29) is 19.8 Å². The van der Waals surface area contributed by atoms with E-state index in [1.54, 1.807) is 6.92 Å². The summed E-state index contributed by atoms with van der Waals surface area (Å²) in [5, 5.41) is 0. The summed E-state index contributed by atoms with van der Waals surface area (Å²) in [6, 6.07) is 0. The largest absolute Gasteiger partial charge is 0.411 e. The highest BCUT2D eigenvalue weighted by atomic mass is 19.4. The molecule has 9 heteroatoms. The summed E-state index contributed by atoms with van der Waals surface area (Å²) in [4.78, 5) is 0. The summed E-state index contributed by atoms with van der Waals surface area (Å²) in [5.41, 5.74) is 0. The van der Waals surface area contributed by atoms with Gasteiger partial charge >= 0.3 is 12.4 Å². The number of ether oxygens (including phenoxy) is 3. The number of hydrogen-bond acceptors (Lipinski definition) is 3. The molecule has 0 N–H and O–H groups in total. The molecule has 1 atom stereocenters. The number of hydrogen-bond donors (Lipinski definition) is 0. The van der Waals surface area contributed by atoms with Gasteiger partial charge in [-0.25, -0.2) is 0 Å². The zero-order chi connectivity index (χ0) is 14.9. The molecule has 0 aliphatic heterocycles. The first-order valence-electron chi connectivity index (χ1n) is 5.54. The summed E-state index contributed by atoms with van der Waals surface area (Å²) in [5.74, 6) is 0. The summed E-state index contributed by atoms with van der Waals surface area (Å²) < 4.78 is 84.3. The number of halogens is 6. The molecule has 0 heterocycles. The predicted octanol–water partition coefficient (Wildman–Crippen LogP) is 2.94. The van der Waals surface area contributed by atoms with Gasteiger partial charge in [-0.15, -0.1) is 0 Å². The van der Waals surface area contributed by atoms with Crippen LogP contribution in [0.15, 0.2) is 0 Å². The maximum absolute atomic E-state index is 11.9. The van der Waals surface area contributed by atoms with Gasteiger partial charge in [0, 0.05) is 0 Å². The van der Waals surface area contributed by atoms with Crippen molar-refractivity contribution in [2.24, 2.45) is 0 Å². The minimum absolute atomic E-state index is 0.123. The van der Waals surface area contributed by atoms with Crippen LogP contribution in [0.3, 0.4) is 0 Å². The van der Waals surface area contributed by atoms with E-state index in [1.165, 1.54) is 0 Å². The summed E-state index contributed by atoms with van der Waals surface area (Å²) in [6.45, 7) is -1.68. The van der Waals surface area contributed by atoms with Crippen molar-refractivity contribution in [3.8, 4) is 0 Å². The molecule has 0 aliphatic rings. The Morgan fingerprint density at radius 1 is 0.842 bits per heavy atom. The second-order valence-corrected chi connectivity index (χ2v) is 3.70. The van der Waals surface area contributed by atoms with E-state index < -0.39 is 31.7 Å². The molecule has 0 aliphatic carbocycles. The Hall–Kier alpha value is -0.540. The first-order valence-corrected chi connectivity index (χ1v) is 5.54. The highest BCUT2D eigenvalue weighted by Gasteiger charge is 2.29. The van der Waals surface area contributed by atoms with Gasteiger partial charge in [0.05, 0.1) is 25.9 Å². The Morgan fingerprint density at radius 2 is 1.37 bits per heavy atom. The third kappa shape index (κ3) is 13.7. The van der Waals surface area contributed by atoms with Crippen LogP contribution in [-0.4, -0.2) is 51.5 Å². The predicted molar refractivity (Wildman–Crippen MR) is 53.8 cm³/mol. The molecule has 0 bridgehead atoms. The first-order chi connectivity index (χ1) is 8.64. The van der Waals surface area contributed by atoms with Crippen molar-refractivity contribution in [3.05, 3.63) is 0 Å². The second kappa shape index (κ2) is 8.60. The van der Waals surface area contributed by atoms with E-state index in [9.17, 15) is 26.3 Å². The van der Waals surface area contributed by atoms with Crippen molar-refractivity contribution in [2.45, 2.75) is 31.8 Å². The van der Waals surface area contributed by atoms with E-state index in [2.05, 4.69) is 9.47 Å². The SMILES string of the molecule is CCC(COCCOCC(F)(F)F)OCC(F)(F)F. The molecule has 19 heavy (non-hydrogen) atoms. The van der Waals surface area contributed by atoms with Crippen molar-refractivity contribution < 1.29 is 40.6 Å². The molecule has 1 unspecified atom stereocenters. The van der Waals surface area contributed by atoms with Crippen LogP contribution in [0.1, 0.15) is 13.3 Å². The highest BCUT2D eigenvalue weighted by molar-refractivity contribution is 4.56. The lowest BCUT2D eigenvalue weighted by Crippen LogP contribution is -2.27. The summed E-state index contributed by atoms with van der Waals surface area (Å²) >= 11 is 0. The maximum atomic E-state index is 11.9. The Morgan fingerprint density at radius 3 is 1.84 bits per heavy atom. The average Bonchev–Trinajstić information content (AvgIpc) is 2.24. The fraction of sp³-hybridized carbons (Fsp3) is 1.00. The standard InChI is InChI=1S/C10H16F6O3/c1-2-8(19-7-10(14,15)16)5-17-3-4-18-6-9(11,12)13/h8H,2-7H2,1H3. The third-order valence-corrected chi connectivity index (χ3v) is 1.88. The summed E-state index contributed by atoms with van der Waals surface area (Å²) in [7, 11) is 0. The van der Waals surface area contributed by atoms with Crippen LogP contribution < -0.4 is 0 Å². The van der Waals surface area contributed by atoms with Gasteiger partial charge in [-0.05, 0) is 6.42 Å². The molecular formula is C10H16F6O3. The lowest BCUT2D eigenvalue weighted by Gasteiger charge is -2.17. The molecule has 0 aromatic rings. The Bertz CT molecular complexity index is 228. The Kier molecular flexibility index (Phi) is 8.35. The van der Waals surface area contributed by atoms with Crippen molar-refractivity contribution in [3.63, 3.8) is 0 Å². The molecule has 116 valence electrons. The zero-order valence-electron chi connectivity index (χ0n) is 10.3. The molecule has 0 radical (unpaired) electrons. The van der Waals surface area contributed by atoms with Gasteiger partial charge in [-0.1, -0.05) is 6.92 Å². The lowest BCUT2D eigenvalue weighted by molar-refractivity contribution is -0.192. The molecule has 0 saturated heterocycles. The number of alkyl halides is 6. The molecular weight excluding hydrogens is 282 g/mol. The van der Waals surface area contributed by atoms with E-state index in [0.29, 0.717) is 6.42 Å². The van der Waals surface area contributed by atoms with Gasteiger partial charge in [0.1, 0.15) is 13.2 Å². The van der Waals surface area contributed by atoms with Crippen LogP contribution in [0.25, 0.3) is 0 Å². The maximum Gasteiger partial charge on any atom is 0.411 e. The van der Waals surface area contributed by atoms with E-state index in [1.807, 2.05) is 0 Å². The van der Waals surface area contributed by atoms with Crippen molar-refractivity contribution in [1.82, 2.24) is 0 Å². The third-order valence-electron chi connectivity index (χ3n) is 1.88. The Balaban J connectivity index is 3.57. The highest BCUT2D eigenvalue weighted by Crippen LogP contribution is 2.16. The van der Waals surface area contributed by atoms with Crippen LogP contribution in [0.2, 0.25) is 0 Å². The van der Waals surface area contributed by atoms with Gasteiger partial charge in [0.15, 0.2) is 0 Å². The molecule has 0 rings (SSSR count). The van der Waals surface area contributed by atoms with Gasteiger partial charge < -0.3 is 14.2 Å². The molecule has 0 saturated carbocycles. The van der Waals surface area contributed by atoms with Crippen LogP contribution in [-0.2, 0) is 14.2 Å². The topological polar surface area (TPSA) is 27.7 Å². The van der Waals surface area contributed by atoms with Crippen LogP contribution in [0.5, 0.6) is 0 Å². The normalized spacial score (nSPS) is 14.7. The molecule has 0 amide bonds. The minimum Gasteiger partial charge on any atom is -0.376 e. The van der Waals surface area contributed by atoms with Gasteiger partial charge in [0.2, 0.25) is 0 Å². The monoisotopic (exact) mass is 298 g/mol. The quantitative estimate of drug-likeness (QED) is 0.484. The average molecular weight is 298 g/mol. The number of rotatable bonds is 9. The van der Waals surface area contributed by atoms with Crippen molar-refractivity contribution >= 4 is 0 Å². The smallest absolute Gasteiger partial charge is 0.376 e. The second-order valence-electron chi connectivity index (χ2n) is 3.70. The van der Waals surface area contributed by atoms with Crippen LogP contribution in [0, 0.1) is 0 Å². The molecule has 0 aromatic carbocycles. The van der Waals surface area contributed by atoms with Crippen molar-refractivity contribution in [2.75, 3.05) is 33.0 Å². The van der Waals surface area contributed by atoms with Crippen LogP contribution in [0.4, 0.5) is 26.3 Å². The first kappa shape index (κ1) is 18.5. The van der Waals surface area contributed by atoms with Gasteiger partial charge in [-0.2, -0.15) is 26.3 Å². The van der Waals surface area contributed by atoms with E-state index in [0.717, 1.165) is 0 Å². The van der Waals surface area contributed by atoms with Gasteiger partial charge in [0.25, 0.3) is 0 Å². The van der Waals surface area contributed by atoms with E-state index in [4.69, 9.17) is 4.74 Å². The van der Waals surface area contributed by atoms with Crippen LogP contribution >= 0.6 is 0 Å². The minimum atomic E-state index is -4.41. The van der Waals surface area contributed by atoms with E-state index >= 15 is 0 Å². The fourth-order valence-corrected chi connectivity index (χ4v) is 1.02. The summed E-state index contributed by atoms with van der Waals surface area (Å²) in [6.07, 6.45) is -9.26. The Labute approximate surface area is 106 Å². The molecule has 3 nitrogen and oxygen atoms in total. The fourth-order valence-electron chi connectivity index (χ4n) is 1.02. The lowest BCUT2D eigenvalue weighted by atomic mass is 10.3. The molecule has 0 fully saturated rings. The van der Waals surface area contributed by atoms with Crippen molar-refractivity contribution in [1.29, 1.82) is 0 Å². The zero-order valence-corrected chi connectivity index (χ0v) is 10.3.